The molecule has 8 aromatic rings. The van der Waals surface area contributed by atoms with Crippen LogP contribution >= 0.6 is 0 Å². The summed E-state index contributed by atoms with van der Waals surface area (Å²) >= 11 is 0. The predicted octanol–water partition coefficient (Wildman–Crippen LogP) is 9.05. The van der Waals surface area contributed by atoms with Crippen molar-refractivity contribution in [2.45, 2.75) is 65.7 Å². The smallest absolute Gasteiger partial charge is 0.416 e. The van der Waals surface area contributed by atoms with Crippen LogP contribution in [0.3, 0.4) is 0 Å². The summed E-state index contributed by atoms with van der Waals surface area (Å²) < 4.78 is 92.6. The van der Waals surface area contributed by atoms with Crippen LogP contribution in [0.1, 0.15) is 97.4 Å². The number of anilines is 2. The summed E-state index contributed by atoms with van der Waals surface area (Å²) in [7, 11) is 0. The molecule has 24 heteroatoms. The maximum atomic E-state index is 14.1. The summed E-state index contributed by atoms with van der Waals surface area (Å²) in [5.41, 5.74) is 4.05. The number of nitrogens with zero attached hydrogens (tertiary/aromatic N) is 9. The number of fused-ring (bicyclic) bond motifs is 2. The molecule has 2 saturated heterocycles. The number of aromatic nitrogens is 6. The molecule has 5 N–H and O–H groups in total. The van der Waals surface area contributed by atoms with Crippen LogP contribution in [0, 0.1) is 37.5 Å². The van der Waals surface area contributed by atoms with Gasteiger partial charge in [-0.05, 0) is 142 Å². The molecule has 4 aromatic heterocycles. The average Bonchev–Trinajstić information content (AvgIpc) is 2.80. The zero-order chi connectivity index (χ0) is 63.3. The molecule has 0 unspecified atom stereocenters. The highest BCUT2D eigenvalue weighted by Crippen LogP contribution is 2.35. The molecule has 4 aromatic carbocycles. The number of piperazine rings is 2. The van der Waals surface area contributed by atoms with Gasteiger partial charge in [0.25, 0.3) is 11.8 Å². The van der Waals surface area contributed by atoms with Gasteiger partial charge in [-0.25, -0.2) is 23.8 Å². The number of carbonyl (C=O) groups excluding carboxylic acids is 3. The number of rotatable bonds is 14. The van der Waals surface area contributed by atoms with Gasteiger partial charge in [-0.15, -0.1) is 0 Å². The van der Waals surface area contributed by atoms with Gasteiger partial charge in [-0.1, -0.05) is 36.1 Å². The summed E-state index contributed by atoms with van der Waals surface area (Å²) in [5.74, 6) is 11.1. The summed E-state index contributed by atoms with van der Waals surface area (Å²) in [6.07, 6.45) is -3.03. The van der Waals surface area contributed by atoms with E-state index >= 15 is 0 Å². The second kappa shape index (κ2) is 28.8. The van der Waals surface area contributed by atoms with Gasteiger partial charge in [0.05, 0.1) is 23.5 Å². The minimum absolute atomic E-state index is 0.00291. The molecule has 0 bridgehead atoms. The lowest BCUT2D eigenvalue weighted by atomic mass is 10.0. The van der Waals surface area contributed by atoms with Gasteiger partial charge >= 0.3 is 18.4 Å². The number of halogens is 6. The number of hydrogen-bond donors (Lipinski definition) is 5. The Labute approximate surface area is 511 Å². The van der Waals surface area contributed by atoms with Crippen molar-refractivity contribution in [2.24, 2.45) is 0 Å². The predicted molar refractivity (Wildman–Crippen MR) is 326 cm³/mol. The van der Waals surface area contributed by atoms with E-state index in [0.29, 0.717) is 79.6 Å². The zero-order valence-electron chi connectivity index (χ0n) is 49.9. The van der Waals surface area contributed by atoms with Crippen LogP contribution in [0.5, 0.6) is 0 Å². The first kappa shape index (κ1) is 64.3. The van der Waals surface area contributed by atoms with Gasteiger partial charge in [0.15, 0.2) is 11.3 Å². The number of imidazole rings is 2. The molecule has 0 aliphatic carbocycles. The molecular formula is C65H68F6N14O4. The van der Waals surface area contributed by atoms with Crippen LogP contribution in [0.4, 0.5) is 42.5 Å². The fourth-order valence-electron chi connectivity index (χ4n) is 9.77. The van der Waals surface area contributed by atoms with E-state index in [2.05, 4.69) is 80.2 Å². The number of amides is 3. The number of benzene rings is 4. The van der Waals surface area contributed by atoms with Crippen molar-refractivity contribution in [3.8, 4) is 23.7 Å². The highest BCUT2D eigenvalue weighted by atomic mass is 19.4. The Kier molecular flexibility index (Phi) is 20.8. The standard InChI is InChI=1S/C35H38F3N7O3.C30H30F3N7O/c1-24-7-8-26(20-25(24)10-12-29-23-40-31-6-5-13-41-45(29)31)32(46)42-28-11-9-27(30(21-28)35(36,37)38)22-39-14-15-43-16-18-44(19-17-43)33(47)48-34(2,3)4;1-21-4-5-23(17-22(21)7-9-26-20-36-28-3-2-10-37-40(26)28)29(41)38-25-8-6-24(27(18-25)30(31,32)33)19-35-13-16-39-14-11-34-12-15-39/h5-9,11,13,20-21,23,39H,14-19,22H2,1-4H3,(H,42,46);2-6,8,10,17-18,20,34-35H,11-16,19H2,1H3,(H,38,41). The third-order valence-corrected chi connectivity index (χ3v) is 14.6. The second-order valence-corrected chi connectivity index (χ2v) is 22.3. The molecule has 0 radical (unpaired) electrons. The van der Waals surface area contributed by atoms with E-state index in [4.69, 9.17) is 4.74 Å². The molecule has 2 fully saturated rings. The van der Waals surface area contributed by atoms with Crippen LogP contribution in [0.25, 0.3) is 11.3 Å². The van der Waals surface area contributed by atoms with E-state index in [1.807, 2.05) is 46.8 Å². The van der Waals surface area contributed by atoms with Gasteiger partial charge in [0.1, 0.15) is 17.0 Å². The molecule has 10 rings (SSSR count). The molecule has 3 amide bonds. The van der Waals surface area contributed by atoms with Crippen molar-refractivity contribution in [3.05, 3.63) is 189 Å². The highest BCUT2D eigenvalue weighted by Gasteiger charge is 2.35. The van der Waals surface area contributed by atoms with Gasteiger partial charge in [-0.2, -0.15) is 36.5 Å². The van der Waals surface area contributed by atoms with Crippen LogP contribution in [-0.4, -0.2) is 146 Å². The molecule has 89 heavy (non-hydrogen) atoms. The third kappa shape index (κ3) is 17.8. The molecule has 6 heterocycles. The largest absolute Gasteiger partial charge is 0.444 e. The Morgan fingerprint density at radius 1 is 0.573 bits per heavy atom. The molecule has 2 aliphatic rings. The SMILES string of the molecule is Cc1ccc(C(=O)Nc2ccc(CNCCN3CCN(C(=O)OC(C)(C)C)CC3)c(C(F)(F)F)c2)cc1C#Cc1cnc2cccnn12.Cc1ccc(C(=O)Nc2ccc(CNCCN3CCNCC3)c(C(F)(F)F)c2)cc1C#Cc1cnc2cccnn12. The van der Waals surface area contributed by atoms with E-state index in [0.717, 1.165) is 56.0 Å². The minimum atomic E-state index is -4.62. The molecule has 464 valence electrons. The number of nitrogens with one attached hydrogen (secondary N) is 5. The topological polar surface area (TPSA) is 191 Å². The van der Waals surface area contributed by atoms with E-state index in [1.165, 1.54) is 24.3 Å². The second-order valence-electron chi connectivity index (χ2n) is 22.3. The van der Waals surface area contributed by atoms with Crippen molar-refractivity contribution in [2.75, 3.05) is 89.2 Å². The van der Waals surface area contributed by atoms with Crippen molar-refractivity contribution in [3.63, 3.8) is 0 Å². The lowest BCUT2D eigenvalue weighted by Crippen LogP contribution is -2.51. The summed E-state index contributed by atoms with van der Waals surface area (Å²) in [5, 5.41) is 23.2. The minimum Gasteiger partial charge on any atom is -0.444 e. The van der Waals surface area contributed by atoms with Crippen molar-refractivity contribution in [1.82, 2.24) is 59.8 Å². The normalized spacial score (nSPS) is 14.0. The summed E-state index contributed by atoms with van der Waals surface area (Å²) in [6, 6.07) is 24.8. The van der Waals surface area contributed by atoms with Crippen LogP contribution in [0.15, 0.2) is 122 Å². The van der Waals surface area contributed by atoms with Gasteiger partial charge in [0, 0.05) is 138 Å². The molecule has 18 nitrogen and oxygen atoms in total. The quantitative estimate of drug-likeness (QED) is 0.0394. The fraction of sp³-hybridized carbons (Fsp3) is 0.338. The maximum absolute atomic E-state index is 14.1. The molecule has 0 spiro atoms. The lowest BCUT2D eigenvalue weighted by Gasteiger charge is -2.35. The monoisotopic (exact) mass is 1220 g/mol. The number of ether oxygens (including phenoxy) is 1. The number of alkyl halides is 6. The first-order chi connectivity index (χ1) is 42.5. The van der Waals surface area contributed by atoms with Crippen molar-refractivity contribution >= 4 is 40.6 Å². The van der Waals surface area contributed by atoms with E-state index < -0.39 is 40.9 Å². The lowest BCUT2D eigenvalue weighted by molar-refractivity contribution is -0.139. The van der Waals surface area contributed by atoms with Crippen LogP contribution in [0.2, 0.25) is 0 Å². The Morgan fingerprint density at radius 2 is 1.02 bits per heavy atom. The van der Waals surface area contributed by atoms with E-state index in [9.17, 15) is 40.7 Å². The third-order valence-electron chi connectivity index (χ3n) is 14.6. The molecule has 0 atom stereocenters. The number of aryl methyl sites for hydroxylation is 2. The van der Waals surface area contributed by atoms with E-state index in [-0.39, 0.29) is 52.8 Å². The highest BCUT2D eigenvalue weighted by molar-refractivity contribution is 6.05. The number of carbonyl (C=O) groups is 3. The maximum Gasteiger partial charge on any atom is 0.416 e. The van der Waals surface area contributed by atoms with Gasteiger partial charge in [-0.3, -0.25) is 19.4 Å². The summed E-state index contributed by atoms with van der Waals surface area (Å²) in [4.78, 5) is 53.0. The Morgan fingerprint density at radius 3 is 1.46 bits per heavy atom. The first-order valence-corrected chi connectivity index (χ1v) is 29.0. The first-order valence-electron chi connectivity index (χ1n) is 29.0. The average molecular weight is 1220 g/mol. The van der Waals surface area contributed by atoms with Gasteiger partial charge < -0.3 is 36.2 Å². The van der Waals surface area contributed by atoms with Crippen molar-refractivity contribution in [1.29, 1.82) is 0 Å². The molecule has 2 aliphatic heterocycles. The molecular weight excluding hydrogens is 1150 g/mol. The van der Waals surface area contributed by atoms with Gasteiger partial charge in [0.2, 0.25) is 0 Å². The summed E-state index contributed by atoms with van der Waals surface area (Å²) in [6.45, 7) is 17.8. The van der Waals surface area contributed by atoms with Crippen molar-refractivity contribution < 1.29 is 45.5 Å². The number of hydrogen-bond acceptors (Lipinski definition) is 13. The van der Waals surface area contributed by atoms with E-state index in [1.54, 1.807) is 87.2 Å². The molecule has 0 saturated carbocycles. The van der Waals surface area contributed by atoms with Crippen LogP contribution in [-0.2, 0) is 30.2 Å². The van der Waals surface area contributed by atoms with Crippen LogP contribution < -0.4 is 26.6 Å². The zero-order valence-corrected chi connectivity index (χ0v) is 49.9. The fourth-order valence-corrected chi connectivity index (χ4v) is 9.77. The Bertz CT molecular complexity index is 3950. The Balaban J connectivity index is 0.000000214. The Hall–Kier alpha value is -9.17.